The van der Waals surface area contributed by atoms with Gasteiger partial charge < -0.3 is 14.3 Å². The van der Waals surface area contributed by atoms with Gasteiger partial charge in [-0.2, -0.15) is 0 Å². The van der Waals surface area contributed by atoms with E-state index in [2.05, 4.69) is 10.2 Å². The molecular formula is C10H10N2O4S. The van der Waals surface area contributed by atoms with Crippen LogP contribution >= 0.6 is 11.3 Å². The van der Waals surface area contributed by atoms with E-state index in [4.69, 9.17) is 14.3 Å². The van der Waals surface area contributed by atoms with Crippen LogP contribution in [0.3, 0.4) is 0 Å². The second-order valence-corrected chi connectivity index (χ2v) is 4.62. The highest BCUT2D eigenvalue weighted by Crippen LogP contribution is 2.29. The zero-order chi connectivity index (χ0) is 12.4. The van der Waals surface area contributed by atoms with Gasteiger partial charge in [0.1, 0.15) is 5.75 Å². The number of aromatic nitrogens is 2. The fraction of sp³-hybridized carbons (Fsp3) is 0.300. The Hall–Kier alpha value is -1.89. The van der Waals surface area contributed by atoms with Gasteiger partial charge in [-0.1, -0.05) is 0 Å². The molecule has 0 bridgehead atoms. The number of carboxylic acids is 1. The quantitative estimate of drug-likeness (QED) is 0.898. The summed E-state index contributed by atoms with van der Waals surface area (Å²) in [6, 6.07) is 1.68. The lowest BCUT2D eigenvalue weighted by atomic mass is 10.4. The monoisotopic (exact) mass is 254 g/mol. The molecule has 2 aromatic heterocycles. The van der Waals surface area contributed by atoms with E-state index in [9.17, 15) is 4.79 Å². The number of carboxylic acid groups (broad SMARTS) is 1. The molecule has 0 spiro atoms. The summed E-state index contributed by atoms with van der Waals surface area (Å²) in [7, 11) is 0. The Morgan fingerprint density at radius 2 is 2.29 bits per heavy atom. The molecule has 0 saturated carbocycles. The predicted molar refractivity (Wildman–Crippen MR) is 59.4 cm³/mol. The summed E-state index contributed by atoms with van der Waals surface area (Å²) < 4.78 is 10.5. The van der Waals surface area contributed by atoms with Crippen LogP contribution in [0.4, 0.5) is 0 Å². The molecule has 0 amide bonds. The Morgan fingerprint density at radius 1 is 1.53 bits per heavy atom. The highest BCUT2D eigenvalue weighted by Gasteiger charge is 2.16. The van der Waals surface area contributed by atoms with Crippen molar-refractivity contribution in [3.05, 3.63) is 27.6 Å². The van der Waals surface area contributed by atoms with E-state index in [1.165, 1.54) is 11.3 Å². The van der Waals surface area contributed by atoms with Crippen molar-refractivity contribution < 1.29 is 19.1 Å². The smallest absolute Gasteiger partial charge is 0.349 e. The van der Waals surface area contributed by atoms with Crippen molar-refractivity contribution >= 4 is 17.3 Å². The third-order valence-corrected chi connectivity index (χ3v) is 2.95. The molecule has 0 saturated heterocycles. The van der Waals surface area contributed by atoms with Crippen LogP contribution in [0.5, 0.6) is 5.75 Å². The summed E-state index contributed by atoms with van der Waals surface area (Å²) in [6.45, 7) is 3.56. The third-order valence-electron chi connectivity index (χ3n) is 1.93. The fourth-order valence-corrected chi connectivity index (χ4v) is 2.08. The van der Waals surface area contributed by atoms with E-state index in [0.717, 1.165) is 4.88 Å². The molecular weight excluding hydrogens is 244 g/mol. The van der Waals surface area contributed by atoms with Gasteiger partial charge >= 0.3 is 5.97 Å². The molecule has 0 fully saturated rings. The van der Waals surface area contributed by atoms with E-state index in [1.54, 1.807) is 13.0 Å². The zero-order valence-electron chi connectivity index (χ0n) is 9.26. The van der Waals surface area contributed by atoms with Gasteiger partial charge in [0.15, 0.2) is 11.5 Å². The van der Waals surface area contributed by atoms with Crippen molar-refractivity contribution in [3.63, 3.8) is 0 Å². The molecule has 1 N–H and O–H groups in total. The lowest BCUT2D eigenvalue weighted by Crippen LogP contribution is -2.00. The van der Waals surface area contributed by atoms with Gasteiger partial charge in [-0.25, -0.2) is 4.79 Å². The lowest BCUT2D eigenvalue weighted by Gasteiger charge is -2.01. The van der Waals surface area contributed by atoms with Crippen molar-refractivity contribution in [3.8, 4) is 5.75 Å². The van der Waals surface area contributed by atoms with Gasteiger partial charge in [-0.15, -0.1) is 21.5 Å². The minimum atomic E-state index is -1.00. The predicted octanol–water partition coefficient (Wildman–Crippen LogP) is 2.03. The number of aryl methyl sites for hydroxylation is 2. The highest BCUT2D eigenvalue weighted by atomic mass is 32.1. The molecule has 0 aliphatic rings. The van der Waals surface area contributed by atoms with Crippen LogP contribution in [0.15, 0.2) is 10.5 Å². The Morgan fingerprint density at radius 3 is 2.88 bits per heavy atom. The van der Waals surface area contributed by atoms with Crippen LogP contribution in [0, 0.1) is 13.8 Å². The summed E-state index contributed by atoms with van der Waals surface area (Å²) >= 11 is 1.17. The minimum absolute atomic E-state index is 0.0668. The zero-order valence-corrected chi connectivity index (χ0v) is 10.1. The normalized spacial score (nSPS) is 10.5. The van der Waals surface area contributed by atoms with Crippen LogP contribution < -0.4 is 4.74 Å². The molecule has 6 nitrogen and oxygen atoms in total. The van der Waals surface area contributed by atoms with Crippen LogP contribution in [-0.2, 0) is 6.61 Å². The molecule has 17 heavy (non-hydrogen) atoms. The minimum Gasteiger partial charge on any atom is -0.482 e. The van der Waals surface area contributed by atoms with Crippen molar-refractivity contribution in [1.82, 2.24) is 10.2 Å². The summed E-state index contributed by atoms with van der Waals surface area (Å²) in [5.74, 6) is 0.0990. The van der Waals surface area contributed by atoms with Crippen molar-refractivity contribution in [2.75, 3.05) is 0 Å². The van der Waals surface area contributed by atoms with Crippen LogP contribution in [0.25, 0.3) is 0 Å². The number of carbonyl (C=O) groups is 1. The fourth-order valence-electron chi connectivity index (χ4n) is 1.28. The van der Waals surface area contributed by atoms with Crippen molar-refractivity contribution in [1.29, 1.82) is 0 Å². The van der Waals surface area contributed by atoms with E-state index < -0.39 is 5.97 Å². The first-order valence-corrected chi connectivity index (χ1v) is 5.63. The number of nitrogens with zero attached hydrogens (tertiary/aromatic N) is 2. The number of hydrogen-bond acceptors (Lipinski definition) is 6. The molecule has 0 atom stereocenters. The molecule has 0 aliphatic carbocycles. The van der Waals surface area contributed by atoms with Crippen molar-refractivity contribution in [2.24, 2.45) is 0 Å². The molecule has 0 radical (unpaired) electrons. The molecule has 2 aromatic rings. The molecule has 7 heteroatoms. The van der Waals surface area contributed by atoms with E-state index in [1.807, 2.05) is 6.92 Å². The maximum Gasteiger partial charge on any atom is 0.349 e. The van der Waals surface area contributed by atoms with E-state index in [-0.39, 0.29) is 11.5 Å². The topological polar surface area (TPSA) is 85.5 Å². The Labute approximate surface area is 101 Å². The van der Waals surface area contributed by atoms with Crippen LogP contribution in [0.2, 0.25) is 0 Å². The van der Waals surface area contributed by atoms with Gasteiger partial charge in [-0.05, 0) is 13.0 Å². The summed E-state index contributed by atoms with van der Waals surface area (Å²) in [6.07, 6.45) is 0. The molecule has 0 aliphatic heterocycles. The van der Waals surface area contributed by atoms with Gasteiger partial charge in [0.05, 0.1) is 0 Å². The molecule has 0 unspecified atom stereocenters. The second-order valence-electron chi connectivity index (χ2n) is 3.36. The number of thiophene rings is 1. The number of hydrogen-bond donors (Lipinski definition) is 1. The maximum absolute atomic E-state index is 10.9. The first-order chi connectivity index (χ1) is 8.06. The Bertz CT molecular complexity index is 546. The Kier molecular flexibility index (Phi) is 3.10. The van der Waals surface area contributed by atoms with Crippen LogP contribution in [0.1, 0.15) is 26.3 Å². The molecule has 0 aromatic carbocycles. The number of rotatable bonds is 4. The first-order valence-electron chi connectivity index (χ1n) is 4.82. The molecule has 90 valence electrons. The number of aromatic carboxylic acids is 1. The first kappa shape index (κ1) is 11.6. The average molecular weight is 254 g/mol. The SMILES string of the molecule is Cc1nnc(COc2cc(C)sc2C(=O)O)o1. The summed E-state index contributed by atoms with van der Waals surface area (Å²) in [5.41, 5.74) is 0. The second kappa shape index (κ2) is 4.54. The van der Waals surface area contributed by atoms with Gasteiger partial charge in [-0.3, -0.25) is 0 Å². The number of ether oxygens (including phenoxy) is 1. The third kappa shape index (κ3) is 2.62. The average Bonchev–Trinajstić information content (AvgIpc) is 2.82. The van der Waals surface area contributed by atoms with Crippen molar-refractivity contribution in [2.45, 2.75) is 20.5 Å². The summed E-state index contributed by atoms with van der Waals surface area (Å²) in [5, 5.41) is 16.4. The molecule has 2 heterocycles. The van der Waals surface area contributed by atoms with E-state index in [0.29, 0.717) is 17.5 Å². The Balaban J connectivity index is 2.11. The van der Waals surface area contributed by atoms with E-state index >= 15 is 0 Å². The van der Waals surface area contributed by atoms with Gasteiger partial charge in [0, 0.05) is 11.8 Å². The summed E-state index contributed by atoms with van der Waals surface area (Å²) in [4.78, 5) is 12.0. The lowest BCUT2D eigenvalue weighted by molar-refractivity contribution is 0.0697. The van der Waals surface area contributed by atoms with Crippen LogP contribution in [-0.4, -0.2) is 21.3 Å². The van der Waals surface area contributed by atoms with Gasteiger partial charge in [0.2, 0.25) is 5.89 Å². The maximum atomic E-state index is 10.9. The largest absolute Gasteiger partial charge is 0.482 e. The highest BCUT2D eigenvalue weighted by molar-refractivity contribution is 7.14. The standard InChI is InChI=1S/C10H10N2O4S/c1-5-3-7(9(17-5)10(13)14)15-4-8-12-11-6(2)16-8/h3H,4H2,1-2H3,(H,13,14). The van der Waals surface area contributed by atoms with Gasteiger partial charge in [0.25, 0.3) is 5.89 Å². The molecule has 2 rings (SSSR count).